The number of hydrogen-bond donors (Lipinski definition) is 2. The number of carbonyl (C=O) groups is 3. The Balaban J connectivity index is 2.11. The van der Waals surface area contributed by atoms with Crippen molar-refractivity contribution in [2.75, 3.05) is 12.4 Å². The molecule has 2 N–H and O–H groups in total. The van der Waals surface area contributed by atoms with Gasteiger partial charge in [0.1, 0.15) is 10.9 Å². The van der Waals surface area contributed by atoms with Crippen LogP contribution < -0.4 is 10.6 Å². The molecule has 126 valence electrons. The summed E-state index contributed by atoms with van der Waals surface area (Å²) < 4.78 is 4.68. The fraction of sp³-hybridized carbons (Fsp3) is 0.600. The number of methoxy groups -OCH3 is 1. The highest BCUT2D eigenvalue weighted by Crippen LogP contribution is 2.29. The Morgan fingerprint density at radius 2 is 1.96 bits per heavy atom. The molecule has 1 aliphatic rings. The number of anilines is 1. The number of aromatic nitrogens is 1. The molecule has 2 rings (SSSR count). The number of nitrogens with zero attached hydrogens (tertiary/aromatic N) is 1. The standard InChI is InChI=1S/C15H21N3O4S/c1-8-12(14(21)22-3)23-15(16-8)18-13(20)11(17-9(2)19)10-6-4-5-7-10/h10-11H,4-7H2,1-3H3,(H,17,19)(H,16,18,20). The first-order valence-electron chi connectivity index (χ1n) is 7.56. The van der Waals surface area contributed by atoms with E-state index in [9.17, 15) is 14.4 Å². The van der Waals surface area contributed by atoms with Crippen LogP contribution in [-0.2, 0) is 14.3 Å². The average Bonchev–Trinajstić information content (AvgIpc) is 3.13. The van der Waals surface area contributed by atoms with Crippen LogP contribution in [0.5, 0.6) is 0 Å². The van der Waals surface area contributed by atoms with Crippen molar-refractivity contribution in [3.05, 3.63) is 10.6 Å². The number of carbonyl (C=O) groups excluding carboxylic acids is 3. The summed E-state index contributed by atoms with van der Waals surface area (Å²) >= 11 is 1.07. The van der Waals surface area contributed by atoms with Crippen molar-refractivity contribution in [1.82, 2.24) is 10.3 Å². The molecule has 1 aromatic heterocycles. The maximum absolute atomic E-state index is 12.5. The van der Waals surface area contributed by atoms with E-state index in [0.29, 0.717) is 15.7 Å². The lowest BCUT2D eigenvalue weighted by molar-refractivity contribution is -0.126. The molecule has 23 heavy (non-hydrogen) atoms. The number of hydrogen-bond acceptors (Lipinski definition) is 6. The van der Waals surface area contributed by atoms with Gasteiger partial charge in [0, 0.05) is 6.92 Å². The Morgan fingerprint density at radius 1 is 1.30 bits per heavy atom. The van der Waals surface area contributed by atoms with Crippen molar-refractivity contribution in [3.63, 3.8) is 0 Å². The molecule has 0 aromatic carbocycles. The molecule has 7 nitrogen and oxygen atoms in total. The average molecular weight is 339 g/mol. The summed E-state index contributed by atoms with van der Waals surface area (Å²) in [5.74, 6) is -0.866. The Labute approximate surface area is 138 Å². The van der Waals surface area contributed by atoms with Crippen LogP contribution in [0.4, 0.5) is 5.13 Å². The predicted molar refractivity (Wildman–Crippen MR) is 86.4 cm³/mol. The highest BCUT2D eigenvalue weighted by Gasteiger charge is 2.32. The molecule has 1 unspecified atom stereocenters. The molecule has 0 aliphatic heterocycles. The first kappa shape index (κ1) is 17.4. The third kappa shape index (κ3) is 4.28. The van der Waals surface area contributed by atoms with Gasteiger partial charge in [-0.2, -0.15) is 0 Å². The van der Waals surface area contributed by atoms with Crippen LogP contribution >= 0.6 is 11.3 Å². The second kappa shape index (κ2) is 7.54. The highest BCUT2D eigenvalue weighted by molar-refractivity contribution is 7.17. The van der Waals surface area contributed by atoms with E-state index in [1.54, 1.807) is 6.92 Å². The van der Waals surface area contributed by atoms with Crippen LogP contribution in [0.1, 0.15) is 48.0 Å². The number of esters is 1. The number of ether oxygens (including phenoxy) is 1. The molecule has 0 radical (unpaired) electrons. The molecule has 8 heteroatoms. The van der Waals surface area contributed by atoms with Gasteiger partial charge in [-0.05, 0) is 25.7 Å². The smallest absolute Gasteiger partial charge is 0.350 e. The van der Waals surface area contributed by atoms with Crippen molar-refractivity contribution in [3.8, 4) is 0 Å². The summed E-state index contributed by atoms with van der Waals surface area (Å²) in [4.78, 5) is 40.1. The van der Waals surface area contributed by atoms with Crippen molar-refractivity contribution < 1.29 is 19.1 Å². The van der Waals surface area contributed by atoms with Gasteiger partial charge < -0.3 is 15.4 Å². The molecular formula is C15H21N3O4S. The lowest BCUT2D eigenvalue weighted by Gasteiger charge is -2.22. The molecule has 1 aromatic rings. The quantitative estimate of drug-likeness (QED) is 0.798. The summed E-state index contributed by atoms with van der Waals surface area (Å²) in [7, 11) is 1.30. The maximum atomic E-state index is 12.5. The minimum Gasteiger partial charge on any atom is -0.465 e. The molecular weight excluding hydrogens is 318 g/mol. The predicted octanol–water partition coefficient (Wildman–Crippen LogP) is 1.87. The minimum absolute atomic E-state index is 0.139. The molecule has 1 saturated carbocycles. The third-order valence-electron chi connectivity index (χ3n) is 3.91. The molecule has 1 aliphatic carbocycles. The summed E-state index contributed by atoms with van der Waals surface area (Å²) in [6.45, 7) is 3.08. The lowest BCUT2D eigenvalue weighted by Crippen LogP contribution is -2.47. The van der Waals surface area contributed by atoms with E-state index < -0.39 is 12.0 Å². The zero-order valence-electron chi connectivity index (χ0n) is 13.5. The van der Waals surface area contributed by atoms with Crippen LogP contribution in [0.25, 0.3) is 0 Å². The van der Waals surface area contributed by atoms with E-state index in [0.717, 1.165) is 37.0 Å². The van der Waals surface area contributed by atoms with E-state index in [1.165, 1.54) is 14.0 Å². The van der Waals surface area contributed by atoms with Gasteiger partial charge in [0.05, 0.1) is 12.8 Å². The normalized spacial score (nSPS) is 16.0. The number of thiazole rings is 1. The summed E-state index contributed by atoms with van der Waals surface area (Å²) in [6, 6.07) is -0.569. The topological polar surface area (TPSA) is 97.4 Å². The Morgan fingerprint density at radius 3 is 2.52 bits per heavy atom. The summed E-state index contributed by atoms with van der Waals surface area (Å²) in [6.07, 6.45) is 3.97. The Kier molecular flexibility index (Phi) is 5.70. The Hall–Kier alpha value is -1.96. The molecule has 0 bridgehead atoms. The van der Waals surface area contributed by atoms with E-state index in [1.807, 2.05) is 0 Å². The molecule has 2 amide bonds. The van der Waals surface area contributed by atoms with Crippen LogP contribution in [0.2, 0.25) is 0 Å². The molecule has 1 atom stereocenters. The zero-order chi connectivity index (χ0) is 17.0. The second-order valence-corrected chi connectivity index (χ2v) is 6.64. The van der Waals surface area contributed by atoms with Gasteiger partial charge in [-0.25, -0.2) is 9.78 Å². The van der Waals surface area contributed by atoms with Gasteiger partial charge in [0.25, 0.3) is 0 Å². The first-order valence-corrected chi connectivity index (χ1v) is 8.37. The van der Waals surface area contributed by atoms with Crippen LogP contribution in [0.15, 0.2) is 0 Å². The van der Waals surface area contributed by atoms with Crippen LogP contribution in [-0.4, -0.2) is 35.9 Å². The molecule has 0 spiro atoms. The number of rotatable bonds is 5. The van der Waals surface area contributed by atoms with E-state index in [2.05, 4.69) is 20.4 Å². The lowest BCUT2D eigenvalue weighted by atomic mass is 9.97. The zero-order valence-corrected chi connectivity index (χ0v) is 14.3. The van der Waals surface area contributed by atoms with Gasteiger partial charge in [-0.1, -0.05) is 24.2 Å². The van der Waals surface area contributed by atoms with Gasteiger partial charge in [0.15, 0.2) is 5.13 Å². The van der Waals surface area contributed by atoms with Gasteiger partial charge in [-0.3, -0.25) is 9.59 Å². The summed E-state index contributed by atoms with van der Waals surface area (Å²) in [5, 5.41) is 5.78. The van der Waals surface area contributed by atoms with Gasteiger partial charge in [0.2, 0.25) is 11.8 Å². The van der Waals surface area contributed by atoms with Crippen LogP contribution in [0.3, 0.4) is 0 Å². The van der Waals surface area contributed by atoms with Crippen molar-refractivity contribution in [2.24, 2.45) is 5.92 Å². The van der Waals surface area contributed by atoms with E-state index in [4.69, 9.17) is 0 Å². The van der Waals surface area contributed by atoms with E-state index in [-0.39, 0.29) is 17.7 Å². The first-order chi connectivity index (χ1) is 10.9. The second-order valence-electron chi connectivity index (χ2n) is 5.64. The fourth-order valence-electron chi connectivity index (χ4n) is 2.82. The molecule has 1 heterocycles. The van der Waals surface area contributed by atoms with Gasteiger partial charge >= 0.3 is 5.97 Å². The fourth-order valence-corrected chi connectivity index (χ4v) is 3.71. The van der Waals surface area contributed by atoms with Crippen molar-refractivity contribution in [1.29, 1.82) is 0 Å². The monoisotopic (exact) mass is 339 g/mol. The summed E-state index contributed by atoms with van der Waals surface area (Å²) in [5.41, 5.74) is 0.508. The van der Waals surface area contributed by atoms with Gasteiger partial charge in [-0.15, -0.1) is 0 Å². The molecule has 0 saturated heterocycles. The van der Waals surface area contributed by atoms with E-state index >= 15 is 0 Å². The number of amides is 2. The number of nitrogens with one attached hydrogen (secondary N) is 2. The Bertz CT molecular complexity index is 608. The van der Waals surface area contributed by atoms with Crippen molar-refractivity contribution in [2.45, 2.75) is 45.6 Å². The highest BCUT2D eigenvalue weighted by atomic mass is 32.1. The third-order valence-corrected chi connectivity index (χ3v) is 4.96. The minimum atomic E-state index is -0.569. The van der Waals surface area contributed by atoms with Crippen LogP contribution in [0, 0.1) is 12.8 Å². The SMILES string of the molecule is COC(=O)c1sc(NC(=O)C(NC(C)=O)C2CCCC2)nc1C. The maximum Gasteiger partial charge on any atom is 0.350 e. The largest absolute Gasteiger partial charge is 0.465 e. The molecule has 1 fully saturated rings. The number of aryl methyl sites for hydroxylation is 1. The van der Waals surface area contributed by atoms with Crippen molar-refractivity contribution >= 4 is 34.3 Å².